The van der Waals surface area contributed by atoms with E-state index in [0.717, 1.165) is 11.1 Å². The molecule has 2 aromatic carbocycles. The van der Waals surface area contributed by atoms with E-state index in [-0.39, 0.29) is 24.8 Å². The maximum absolute atomic E-state index is 12.9. The molecule has 0 radical (unpaired) electrons. The highest BCUT2D eigenvalue weighted by Gasteiger charge is 2.36. The maximum Gasteiger partial charge on any atom is 0.311 e. The Bertz CT molecular complexity index is 906. The fourth-order valence-electron chi connectivity index (χ4n) is 3.68. The van der Waals surface area contributed by atoms with Gasteiger partial charge in [-0.25, -0.2) is 0 Å². The number of likely N-dealkylation sites (tertiary alicyclic amines) is 1. The molecule has 2 aromatic rings. The number of hydrogen-bond acceptors (Lipinski definition) is 4. The van der Waals surface area contributed by atoms with Gasteiger partial charge in [0.15, 0.2) is 6.61 Å². The highest BCUT2D eigenvalue weighted by atomic mass is 16.5. The fraction of sp³-hybridized carbons (Fsp3) is 0.400. The molecule has 164 valence electrons. The van der Waals surface area contributed by atoms with Crippen LogP contribution in [0, 0.1) is 5.92 Å². The van der Waals surface area contributed by atoms with Gasteiger partial charge < -0.3 is 14.5 Å². The molecule has 6 heteroatoms. The van der Waals surface area contributed by atoms with Crippen LogP contribution in [0.15, 0.2) is 60.7 Å². The number of benzene rings is 2. The van der Waals surface area contributed by atoms with Gasteiger partial charge in [0.25, 0.3) is 5.91 Å². The lowest BCUT2D eigenvalue weighted by Gasteiger charge is -2.35. The summed E-state index contributed by atoms with van der Waals surface area (Å²) in [5.74, 6) is -1.36. The Hall–Kier alpha value is -3.15. The molecule has 1 fully saturated rings. The van der Waals surface area contributed by atoms with Crippen LogP contribution in [-0.2, 0) is 32.2 Å². The standard InChI is InChI=1S/C25H30N2O4/c1-25(2,3)27(16-20-12-8-5-9-13-20)23(29)18-31-24(30)21-14-22(28)26(17-21)15-19-10-6-4-7-11-19/h4-13,21H,14-18H2,1-3H3. The summed E-state index contributed by atoms with van der Waals surface area (Å²) in [5, 5.41) is 0. The van der Waals surface area contributed by atoms with Crippen LogP contribution in [0.25, 0.3) is 0 Å². The molecule has 0 N–H and O–H groups in total. The summed E-state index contributed by atoms with van der Waals surface area (Å²) in [6, 6.07) is 19.4. The SMILES string of the molecule is CC(C)(C)N(Cc1ccccc1)C(=O)COC(=O)C1CC(=O)N(Cc2ccccc2)C1. The Labute approximate surface area is 183 Å². The third kappa shape index (κ3) is 6.17. The minimum absolute atomic E-state index is 0.0717. The van der Waals surface area contributed by atoms with E-state index >= 15 is 0 Å². The summed E-state index contributed by atoms with van der Waals surface area (Å²) in [5.41, 5.74) is 1.60. The summed E-state index contributed by atoms with van der Waals surface area (Å²) in [4.78, 5) is 41.1. The molecular formula is C25H30N2O4. The number of carbonyl (C=O) groups is 3. The third-order valence-corrected chi connectivity index (χ3v) is 5.40. The molecule has 1 atom stereocenters. The summed E-state index contributed by atoms with van der Waals surface area (Å²) >= 11 is 0. The molecule has 3 rings (SSSR count). The van der Waals surface area contributed by atoms with Crippen molar-refractivity contribution >= 4 is 17.8 Å². The molecule has 0 saturated carbocycles. The smallest absolute Gasteiger partial charge is 0.311 e. The van der Waals surface area contributed by atoms with Gasteiger partial charge >= 0.3 is 5.97 Å². The molecule has 1 saturated heterocycles. The van der Waals surface area contributed by atoms with Crippen LogP contribution < -0.4 is 0 Å². The average Bonchev–Trinajstić information content (AvgIpc) is 3.11. The predicted octanol–water partition coefficient (Wildman–Crippen LogP) is 3.41. The number of hydrogen-bond donors (Lipinski definition) is 0. The van der Waals surface area contributed by atoms with Crippen molar-refractivity contribution in [2.24, 2.45) is 5.92 Å². The van der Waals surface area contributed by atoms with E-state index in [2.05, 4.69) is 0 Å². The van der Waals surface area contributed by atoms with Crippen molar-refractivity contribution in [1.82, 2.24) is 9.80 Å². The van der Waals surface area contributed by atoms with Crippen LogP contribution in [0.3, 0.4) is 0 Å². The summed E-state index contributed by atoms with van der Waals surface area (Å²) < 4.78 is 5.34. The van der Waals surface area contributed by atoms with Crippen LogP contribution >= 0.6 is 0 Å². The topological polar surface area (TPSA) is 66.9 Å². The van der Waals surface area contributed by atoms with E-state index in [0.29, 0.717) is 19.6 Å². The molecule has 0 aromatic heterocycles. The van der Waals surface area contributed by atoms with Crippen LogP contribution in [0.4, 0.5) is 0 Å². The monoisotopic (exact) mass is 422 g/mol. The highest BCUT2D eigenvalue weighted by Crippen LogP contribution is 2.22. The molecule has 1 aliphatic rings. The zero-order valence-electron chi connectivity index (χ0n) is 18.4. The average molecular weight is 423 g/mol. The quantitative estimate of drug-likeness (QED) is 0.642. The number of amides is 2. The van der Waals surface area contributed by atoms with Gasteiger partial charge in [-0.15, -0.1) is 0 Å². The predicted molar refractivity (Wildman–Crippen MR) is 118 cm³/mol. The zero-order valence-corrected chi connectivity index (χ0v) is 18.4. The Morgan fingerprint density at radius 3 is 2.16 bits per heavy atom. The number of carbonyl (C=O) groups excluding carboxylic acids is 3. The van der Waals surface area contributed by atoms with E-state index < -0.39 is 17.4 Å². The van der Waals surface area contributed by atoms with Crippen molar-refractivity contribution < 1.29 is 19.1 Å². The van der Waals surface area contributed by atoms with Crippen LogP contribution in [0.2, 0.25) is 0 Å². The molecular weight excluding hydrogens is 392 g/mol. The first-order valence-electron chi connectivity index (χ1n) is 10.6. The minimum atomic E-state index is -0.541. The molecule has 0 bridgehead atoms. The van der Waals surface area contributed by atoms with Gasteiger partial charge in [-0.3, -0.25) is 14.4 Å². The summed E-state index contributed by atoms with van der Waals surface area (Å²) in [6.07, 6.45) is 0.118. The van der Waals surface area contributed by atoms with Gasteiger partial charge in [-0.2, -0.15) is 0 Å². The van der Waals surface area contributed by atoms with E-state index in [1.165, 1.54) is 0 Å². The molecule has 6 nitrogen and oxygen atoms in total. The normalized spacial score (nSPS) is 16.3. The maximum atomic E-state index is 12.9. The number of ether oxygens (including phenoxy) is 1. The van der Waals surface area contributed by atoms with Crippen LogP contribution in [0.5, 0.6) is 0 Å². The number of rotatable bonds is 7. The van der Waals surface area contributed by atoms with Gasteiger partial charge in [0, 0.05) is 31.6 Å². The van der Waals surface area contributed by atoms with E-state index in [1.807, 2.05) is 81.4 Å². The van der Waals surface area contributed by atoms with Crippen molar-refractivity contribution in [2.45, 2.75) is 45.8 Å². The summed E-state index contributed by atoms with van der Waals surface area (Å²) in [6.45, 7) is 6.75. The Kier molecular flexibility index (Phi) is 7.10. The summed E-state index contributed by atoms with van der Waals surface area (Å²) in [7, 11) is 0. The van der Waals surface area contributed by atoms with Crippen molar-refractivity contribution in [3.63, 3.8) is 0 Å². The van der Waals surface area contributed by atoms with Gasteiger partial charge in [0.05, 0.1) is 5.92 Å². The van der Waals surface area contributed by atoms with Gasteiger partial charge in [-0.1, -0.05) is 60.7 Å². The zero-order chi connectivity index (χ0) is 22.4. The lowest BCUT2D eigenvalue weighted by molar-refractivity contribution is -0.157. The van der Waals surface area contributed by atoms with Crippen molar-refractivity contribution in [3.05, 3.63) is 71.8 Å². The second-order valence-electron chi connectivity index (χ2n) is 8.90. The first kappa shape index (κ1) is 22.5. The Morgan fingerprint density at radius 2 is 1.58 bits per heavy atom. The Balaban J connectivity index is 1.55. The molecule has 2 amide bonds. The second-order valence-corrected chi connectivity index (χ2v) is 8.90. The first-order chi connectivity index (χ1) is 14.7. The van der Waals surface area contributed by atoms with Gasteiger partial charge in [-0.05, 0) is 31.9 Å². The van der Waals surface area contributed by atoms with Crippen molar-refractivity contribution in [1.29, 1.82) is 0 Å². The molecule has 0 aliphatic carbocycles. The van der Waals surface area contributed by atoms with E-state index in [1.54, 1.807) is 9.80 Å². The van der Waals surface area contributed by atoms with Crippen LogP contribution in [0.1, 0.15) is 38.3 Å². The number of nitrogens with zero attached hydrogens (tertiary/aromatic N) is 2. The van der Waals surface area contributed by atoms with Gasteiger partial charge in [0.1, 0.15) is 0 Å². The largest absolute Gasteiger partial charge is 0.455 e. The molecule has 1 aliphatic heterocycles. The molecule has 1 unspecified atom stereocenters. The van der Waals surface area contributed by atoms with Crippen LogP contribution in [-0.4, -0.2) is 46.3 Å². The van der Waals surface area contributed by atoms with Crippen molar-refractivity contribution in [2.75, 3.05) is 13.2 Å². The molecule has 1 heterocycles. The lowest BCUT2D eigenvalue weighted by Crippen LogP contribution is -2.47. The third-order valence-electron chi connectivity index (χ3n) is 5.40. The molecule has 0 spiro atoms. The first-order valence-corrected chi connectivity index (χ1v) is 10.6. The highest BCUT2D eigenvalue weighted by molar-refractivity contribution is 5.88. The van der Waals surface area contributed by atoms with Gasteiger partial charge in [0.2, 0.25) is 5.91 Å². The minimum Gasteiger partial charge on any atom is -0.455 e. The second kappa shape index (κ2) is 9.77. The number of esters is 1. The van der Waals surface area contributed by atoms with Crippen molar-refractivity contribution in [3.8, 4) is 0 Å². The molecule has 31 heavy (non-hydrogen) atoms. The van der Waals surface area contributed by atoms with E-state index in [9.17, 15) is 14.4 Å². The van der Waals surface area contributed by atoms with E-state index in [4.69, 9.17) is 4.74 Å². The Morgan fingerprint density at radius 1 is 1.00 bits per heavy atom. The lowest BCUT2D eigenvalue weighted by atomic mass is 10.0. The fourth-order valence-corrected chi connectivity index (χ4v) is 3.68.